The molecule has 0 radical (unpaired) electrons. The summed E-state index contributed by atoms with van der Waals surface area (Å²) in [5.41, 5.74) is -0.908. The molecular weight excluding hydrogens is 211 g/mol. The molecule has 0 aromatic carbocycles. The van der Waals surface area contributed by atoms with Crippen molar-refractivity contribution in [1.82, 2.24) is 0 Å². The van der Waals surface area contributed by atoms with Crippen molar-refractivity contribution in [2.75, 3.05) is 21.3 Å². The van der Waals surface area contributed by atoms with Gasteiger partial charge in [-0.2, -0.15) is 0 Å². The lowest BCUT2D eigenvalue weighted by molar-refractivity contribution is -0.147. The smallest absolute Gasteiger partial charge is 0.397 e. The molecule has 1 unspecified atom stereocenters. The zero-order valence-corrected chi connectivity index (χ0v) is 9.37. The zero-order valence-electron chi connectivity index (χ0n) is 8.47. The third kappa shape index (κ3) is 2.64. The topological polar surface area (TPSA) is 78.9 Å². The Morgan fingerprint density at radius 3 is 1.86 bits per heavy atom. The summed E-state index contributed by atoms with van der Waals surface area (Å²) >= 11 is 0. The maximum atomic E-state index is 11.5. The quantitative estimate of drug-likeness (QED) is 0.390. The molecule has 0 N–H and O–H groups in total. The molecule has 0 aliphatic rings. The second-order valence-corrected chi connectivity index (χ2v) is 4.61. The van der Waals surface area contributed by atoms with Crippen LogP contribution in [0.15, 0.2) is 0 Å². The maximum Gasteiger partial charge on any atom is 0.397 e. The Morgan fingerprint density at radius 1 is 1.14 bits per heavy atom. The number of rotatable bonds is 5. The van der Waals surface area contributed by atoms with E-state index in [1.807, 2.05) is 0 Å². The molecule has 0 aromatic heterocycles. The summed E-state index contributed by atoms with van der Waals surface area (Å²) in [4.78, 5) is 22.4. The number of esters is 1. The Morgan fingerprint density at radius 2 is 1.57 bits per heavy atom. The highest BCUT2D eigenvalue weighted by Gasteiger charge is 2.39. The van der Waals surface area contributed by atoms with E-state index >= 15 is 0 Å². The van der Waals surface area contributed by atoms with Crippen LogP contribution < -0.4 is 0 Å². The Labute approximate surface area is 82.1 Å². The molecule has 0 aliphatic carbocycles. The van der Waals surface area contributed by atoms with Crippen molar-refractivity contribution in [2.45, 2.75) is 6.92 Å². The lowest BCUT2D eigenvalue weighted by atomic mass is 10.2. The summed E-state index contributed by atoms with van der Waals surface area (Å²) in [6.45, 7) is 1.28. The minimum Gasteiger partial charge on any atom is -0.468 e. The van der Waals surface area contributed by atoms with Crippen molar-refractivity contribution < 1.29 is 27.9 Å². The van der Waals surface area contributed by atoms with E-state index in [-0.39, 0.29) is 0 Å². The molecule has 0 bridgehead atoms. The number of ether oxygens (including phenoxy) is 1. The van der Waals surface area contributed by atoms with Crippen molar-refractivity contribution in [3.8, 4) is 0 Å². The van der Waals surface area contributed by atoms with Gasteiger partial charge in [0.15, 0.2) is 0 Å². The normalized spacial score (nSPS) is 13.4. The monoisotopic (exact) mass is 224 g/mol. The van der Waals surface area contributed by atoms with Crippen LogP contribution in [-0.2, 0) is 27.9 Å². The van der Waals surface area contributed by atoms with Crippen LogP contribution in [-0.4, -0.2) is 32.8 Å². The number of hydrogen-bond donors (Lipinski definition) is 0. The van der Waals surface area contributed by atoms with Gasteiger partial charge >= 0.3 is 13.6 Å². The van der Waals surface area contributed by atoms with Crippen molar-refractivity contribution in [2.24, 2.45) is 5.92 Å². The molecule has 0 spiro atoms. The molecule has 0 rings (SSSR count). The molecule has 0 aromatic rings. The lowest BCUT2D eigenvalue weighted by Gasteiger charge is -2.14. The minimum absolute atomic E-state index is 0.774. The van der Waals surface area contributed by atoms with E-state index in [1.54, 1.807) is 0 Å². The SMILES string of the molecule is COC(=O)C(C)C(=O)P(=O)(OC)OC. The van der Waals surface area contributed by atoms with E-state index in [1.165, 1.54) is 6.92 Å². The number of carbonyl (C=O) groups is 2. The molecule has 0 saturated carbocycles. The molecule has 14 heavy (non-hydrogen) atoms. The first-order chi connectivity index (χ1) is 6.42. The van der Waals surface area contributed by atoms with Crippen LogP contribution >= 0.6 is 7.60 Å². The van der Waals surface area contributed by atoms with Crippen LogP contribution in [0, 0.1) is 5.92 Å². The highest BCUT2D eigenvalue weighted by atomic mass is 31.2. The van der Waals surface area contributed by atoms with Gasteiger partial charge in [0.2, 0.25) is 0 Å². The highest BCUT2D eigenvalue weighted by molar-refractivity contribution is 7.72. The molecule has 0 saturated heterocycles. The van der Waals surface area contributed by atoms with Gasteiger partial charge in [0.1, 0.15) is 5.92 Å². The van der Waals surface area contributed by atoms with Crippen LogP contribution in [0.2, 0.25) is 0 Å². The van der Waals surface area contributed by atoms with Gasteiger partial charge in [-0.25, -0.2) is 0 Å². The highest BCUT2D eigenvalue weighted by Crippen LogP contribution is 2.49. The molecule has 1 atom stereocenters. The van der Waals surface area contributed by atoms with Gasteiger partial charge in [-0.15, -0.1) is 0 Å². The van der Waals surface area contributed by atoms with Gasteiger partial charge in [0.25, 0.3) is 5.52 Å². The fourth-order valence-electron chi connectivity index (χ4n) is 0.769. The van der Waals surface area contributed by atoms with Crippen molar-refractivity contribution >= 4 is 19.1 Å². The Bertz CT molecular complexity index is 265. The van der Waals surface area contributed by atoms with Gasteiger partial charge in [-0.3, -0.25) is 14.2 Å². The summed E-state index contributed by atoms with van der Waals surface area (Å²) in [7, 11) is -0.548. The first-order valence-corrected chi connectivity index (χ1v) is 5.31. The third-order valence-electron chi connectivity index (χ3n) is 1.68. The van der Waals surface area contributed by atoms with Gasteiger partial charge in [0.05, 0.1) is 7.11 Å². The molecule has 0 amide bonds. The fraction of sp³-hybridized carbons (Fsp3) is 0.714. The van der Waals surface area contributed by atoms with Crippen LogP contribution in [0.3, 0.4) is 0 Å². The van der Waals surface area contributed by atoms with Gasteiger partial charge in [-0.05, 0) is 6.92 Å². The Kier molecular flexibility index (Phi) is 4.97. The molecule has 0 heterocycles. The summed E-state index contributed by atoms with van der Waals surface area (Å²) in [5, 5.41) is 0. The summed E-state index contributed by atoms with van der Waals surface area (Å²) in [6.07, 6.45) is 0. The van der Waals surface area contributed by atoms with Gasteiger partial charge < -0.3 is 13.8 Å². The van der Waals surface area contributed by atoms with E-state index in [9.17, 15) is 14.2 Å². The Hall–Kier alpha value is -0.710. The van der Waals surface area contributed by atoms with Gasteiger partial charge in [-0.1, -0.05) is 0 Å². The molecule has 0 aliphatic heterocycles. The first kappa shape index (κ1) is 13.3. The van der Waals surface area contributed by atoms with Crippen LogP contribution in [0.5, 0.6) is 0 Å². The summed E-state index contributed by atoms with van der Waals surface area (Å²) in [5.74, 6) is -1.94. The number of carbonyl (C=O) groups excluding carboxylic acids is 2. The molecule has 6 nitrogen and oxygen atoms in total. The summed E-state index contributed by atoms with van der Waals surface area (Å²) in [6, 6.07) is 0. The molecule has 82 valence electrons. The lowest BCUT2D eigenvalue weighted by Crippen LogP contribution is -2.23. The van der Waals surface area contributed by atoms with Crippen molar-refractivity contribution in [3.63, 3.8) is 0 Å². The average Bonchev–Trinajstić information content (AvgIpc) is 2.24. The van der Waals surface area contributed by atoms with Crippen LogP contribution in [0.1, 0.15) is 6.92 Å². The minimum atomic E-state index is -3.84. The second-order valence-electron chi connectivity index (χ2n) is 2.45. The number of methoxy groups -OCH3 is 1. The van der Waals surface area contributed by atoms with Crippen LogP contribution in [0.25, 0.3) is 0 Å². The van der Waals surface area contributed by atoms with E-state index in [0.717, 1.165) is 21.3 Å². The van der Waals surface area contributed by atoms with Crippen LogP contribution in [0.4, 0.5) is 0 Å². The molecular formula is C7H13O6P. The van der Waals surface area contributed by atoms with Gasteiger partial charge in [0, 0.05) is 14.2 Å². The van der Waals surface area contributed by atoms with E-state index in [2.05, 4.69) is 13.8 Å². The predicted molar refractivity (Wildman–Crippen MR) is 47.8 cm³/mol. The van der Waals surface area contributed by atoms with Crippen molar-refractivity contribution in [1.29, 1.82) is 0 Å². The van der Waals surface area contributed by atoms with Crippen molar-refractivity contribution in [3.05, 3.63) is 0 Å². The van der Waals surface area contributed by atoms with E-state index in [4.69, 9.17) is 0 Å². The maximum absolute atomic E-state index is 11.5. The average molecular weight is 224 g/mol. The largest absolute Gasteiger partial charge is 0.468 e. The molecule has 7 heteroatoms. The van der Waals surface area contributed by atoms with E-state index in [0.29, 0.717) is 0 Å². The third-order valence-corrected chi connectivity index (χ3v) is 3.56. The van der Waals surface area contributed by atoms with E-state index < -0.39 is 25.0 Å². The zero-order chi connectivity index (χ0) is 11.4. The fourth-order valence-corrected chi connectivity index (χ4v) is 1.86. The summed E-state index contributed by atoms with van der Waals surface area (Å²) < 4.78 is 24.7. The number of hydrogen-bond acceptors (Lipinski definition) is 6. The predicted octanol–water partition coefficient (Wildman–Crippen LogP) is 0.808. The second kappa shape index (κ2) is 5.24. The first-order valence-electron chi connectivity index (χ1n) is 3.76. The molecule has 0 fully saturated rings. The Balaban J connectivity index is 4.77. The standard InChI is InChI=1S/C7H13O6P/c1-5(6(8)11-2)7(9)14(10,12-3)13-4/h5H,1-4H3.